The minimum Gasteiger partial charge on any atom is -0.391 e. The first-order chi connectivity index (χ1) is 15.3. The number of anilines is 2. The molecular formula is C24H31FN4O3. The molecule has 8 heteroatoms. The number of hydrogen-bond acceptors (Lipinski definition) is 5. The van der Waals surface area contributed by atoms with Crippen molar-refractivity contribution in [3.63, 3.8) is 0 Å². The highest BCUT2D eigenvalue weighted by Crippen LogP contribution is 2.19. The summed E-state index contributed by atoms with van der Waals surface area (Å²) in [6.45, 7) is 7.42. The van der Waals surface area contributed by atoms with Crippen molar-refractivity contribution in [2.45, 2.75) is 26.4 Å². The number of amides is 2. The molecule has 7 nitrogen and oxygen atoms in total. The third-order valence-corrected chi connectivity index (χ3v) is 5.62. The van der Waals surface area contributed by atoms with E-state index in [9.17, 15) is 19.1 Å². The van der Waals surface area contributed by atoms with Gasteiger partial charge >= 0.3 is 0 Å². The molecular weight excluding hydrogens is 411 g/mol. The van der Waals surface area contributed by atoms with E-state index in [0.717, 1.165) is 16.8 Å². The molecule has 3 rings (SSSR count). The molecule has 172 valence electrons. The van der Waals surface area contributed by atoms with Gasteiger partial charge in [0.15, 0.2) is 0 Å². The first-order valence-electron chi connectivity index (χ1n) is 10.8. The molecule has 1 fully saturated rings. The first-order valence-corrected chi connectivity index (χ1v) is 10.8. The second kappa shape index (κ2) is 11.2. The molecule has 1 aliphatic heterocycles. The van der Waals surface area contributed by atoms with Crippen LogP contribution in [0.25, 0.3) is 0 Å². The van der Waals surface area contributed by atoms with E-state index in [2.05, 4.69) is 20.4 Å². The summed E-state index contributed by atoms with van der Waals surface area (Å²) >= 11 is 0. The lowest BCUT2D eigenvalue weighted by atomic mass is 10.1. The summed E-state index contributed by atoms with van der Waals surface area (Å²) in [6.07, 6.45) is -0.951. The summed E-state index contributed by atoms with van der Waals surface area (Å²) in [5.74, 6) is -0.974. The summed E-state index contributed by atoms with van der Waals surface area (Å²) in [7, 11) is 0. The van der Waals surface area contributed by atoms with E-state index in [1.54, 1.807) is 12.1 Å². The fourth-order valence-corrected chi connectivity index (χ4v) is 3.86. The van der Waals surface area contributed by atoms with Crippen LogP contribution >= 0.6 is 0 Å². The lowest BCUT2D eigenvalue weighted by molar-refractivity contribution is -0.119. The van der Waals surface area contributed by atoms with Gasteiger partial charge in [-0.15, -0.1) is 0 Å². The third kappa shape index (κ3) is 6.85. The lowest BCUT2D eigenvalue weighted by Crippen LogP contribution is -2.50. The van der Waals surface area contributed by atoms with Gasteiger partial charge in [0, 0.05) is 38.4 Å². The van der Waals surface area contributed by atoms with Crippen LogP contribution in [0, 0.1) is 19.7 Å². The summed E-state index contributed by atoms with van der Waals surface area (Å²) in [5.41, 5.74) is 3.05. The summed E-state index contributed by atoms with van der Waals surface area (Å²) in [6, 6.07) is 11.9. The number of halogens is 1. The number of carbonyl (C=O) groups excluding carboxylic acids is 2. The molecule has 2 amide bonds. The van der Waals surface area contributed by atoms with Crippen molar-refractivity contribution in [2.24, 2.45) is 0 Å². The normalized spacial score (nSPS) is 15.9. The van der Waals surface area contributed by atoms with Gasteiger partial charge in [0.1, 0.15) is 5.82 Å². The molecule has 0 aromatic heterocycles. The van der Waals surface area contributed by atoms with Crippen molar-refractivity contribution < 1.29 is 19.1 Å². The number of rotatable bonds is 8. The Bertz CT molecular complexity index is 924. The number of aliphatic hydroxyl groups excluding tert-OH is 1. The molecule has 0 bridgehead atoms. The van der Waals surface area contributed by atoms with Crippen molar-refractivity contribution in [1.29, 1.82) is 0 Å². The van der Waals surface area contributed by atoms with E-state index in [0.29, 0.717) is 39.3 Å². The van der Waals surface area contributed by atoms with Crippen LogP contribution in [0.2, 0.25) is 0 Å². The molecule has 1 aliphatic rings. The van der Waals surface area contributed by atoms with E-state index >= 15 is 0 Å². The van der Waals surface area contributed by atoms with Crippen LogP contribution in [-0.4, -0.2) is 72.1 Å². The second-order valence-corrected chi connectivity index (χ2v) is 8.28. The third-order valence-electron chi connectivity index (χ3n) is 5.62. The maximum absolute atomic E-state index is 13.6. The largest absolute Gasteiger partial charge is 0.391 e. The van der Waals surface area contributed by atoms with Crippen molar-refractivity contribution in [3.8, 4) is 0 Å². The minimum atomic E-state index is -0.847. The molecule has 1 atom stereocenters. The first kappa shape index (κ1) is 23.8. The van der Waals surface area contributed by atoms with E-state index in [1.165, 1.54) is 12.1 Å². The Morgan fingerprint density at radius 3 is 2.22 bits per heavy atom. The molecule has 1 unspecified atom stereocenters. The van der Waals surface area contributed by atoms with Gasteiger partial charge in [-0.3, -0.25) is 19.4 Å². The Morgan fingerprint density at radius 2 is 1.56 bits per heavy atom. The van der Waals surface area contributed by atoms with Gasteiger partial charge in [0.2, 0.25) is 11.8 Å². The summed E-state index contributed by atoms with van der Waals surface area (Å²) in [4.78, 5) is 28.7. The van der Waals surface area contributed by atoms with Crippen molar-refractivity contribution in [3.05, 3.63) is 59.4 Å². The Kier molecular flexibility index (Phi) is 8.33. The predicted octanol–water partition coefficient (Wildman–Crippen LogP) is 2.39. The number of aliphatic hydroxyl groups is 1. The SMILES string of the molecule is Cc1cccc(C)c1NC(=O)CN1CCN(CC(O)CC(=O)Nc2ccccc2F)CC1. The quantitative estimate of drug-likeness (QED) is 0.585. The van der Waals surface area contributed by atoms with Crippen LogP contribution in [0.4, 0.5) is 15.8 Å². The zero-order valence-corrected chi connectivity index (χ0v) is 18.6. The van der Waals surface area contributed by atoms with Crippen molar-refractivity contribution >= 4 is 23.2 Å². The smallest absolute Gasteiger partial charge is 0.238 e. The van der Waals surface area contributed by atoms with E-state index in [-0.39, 0.29) is 18.0 Å². The van der Waals surface area contributed by atoms with Crippen LogP contribution in [0.5, 0.6) is 0 Å². The number of aryl methyl sites for hydroxylation is 2. The second-order valence-electron chi connectivity index (χ2n) is 8.28. The number of benzene rings is 2. The average molecular weight is 443 g/mol. The fraction of sp³-hybridized carbons (Fsp3) is 0.417. The van der Waals surface area contributed by atoms with Crippen LogP contribution in [0.3, 0.4) is 0 Å². The van der Waals surface area contributed by atoms with Crippen LogP contribution in [0.15, 0.2) is 42.5 Å². The molecule has 2 aromatic rings. The molecule has 1 heterocycles. The number of β-amino-alcohol motifs (C(OH)–C–C–N with tert-alkyl or cyclic N) is 1. The van der Waals surface area contributed by atoms with Crippen LogP contribution in [-0.2, 0) is 9.59 Å². The highest BCUT2D eigenvalue weighted by atomic mass is 19.1. The van der Waals surface area contributed by atoms with Gasteiger partial charge in [-0.2, -0.15) is 0 Å². The van der Waals surface area contributed by atoms with E-state index in [4.69, 9.17) is 0 Å². The van der Waals surface area contributed by atoms with E-state index in [1.807, 2.05) is 32.0 Å². The molecule has 0 saturated carbocycles. The monoisotopic (exact) mass is 442 g/mol. The predicted molar refractivity (Wildman–Crippen MR) is 123 cm³/mol. The lowest BCUT2D eigenvalue weighted by Gasteiger charge is -2.35. The van der Waals surface area contributed by atoms with Gasteiger partial charge in [-0.05, 0) is 37.1 Å². The summed E-state index contributed by atoms with van der Waals surface area (Å²) < 4.78 is 13.6. The summed E-state index contributed by atoms with van der Waals surface area (Å²) in [5, 5.41) is 15.8. The van der Waals surface area contributed by atoms with Gasteiger partial charge in [0.05, 0.1) is 24.8 Å². The zero-order valence-electron chi connectivity index (χ0n) is 18.6. The number of piperazine rings is 1. The molecule has 1 saturated heterocycles. The average Bonchev–Trinajstić information content (AvgIpc) is 2.74. The highest BCUT2D eigenvalue weighted by molar-refractivity contribution is 5.93. The van der Waals surface area contributed by atoms with Gasteiger partial charge in [-0.25, -0.2) is 4.39 Å². The number of nitrogens with zero attached hydrogens (tertiary/aromatic N) is 2. The molecule has 0 spiro atoms. The van der Waals surface area contributed by atoms with Gasteiger partial charge < -0.3 is 15.7 Å². The minimum absolute atomic E-state index is 0.0410. The number of para-hydroxylation sites is 2. The number of carbonyl (C=O) groups is 2. The maximum Gasteiger partial charge on any atom is 0.238 e. The topological polar surface area (TPSA) is 84.9 Å². The molecule has 0 radical (unpaired) electrons. The Morgan fingerprint density at radius 1 is 0.938 bits per heavy atom. The molecule has 32 heavy (non-hydrogen) atoms. The standard InChI is InChI=1S/C24H31FN4O3/c1-17-6-5-7-18(2)24(17)27-23(32)16-29-12-10-28(11-13-29)15-19(30)14-22(31)26-21-9-4-3-8-20(21)25/h3-9,19,30H,10-16H2,1-2H3,(H,26,31)(H,27,32). The zero-order chi connectivity index (χ0) is 23.1. The van der Waals surface area contributed by atoms with Crippen molar-refractivity contribution in [2.75, 3.05) is 49.9 Å². The number of nitrogens with one attached hydrogen (secondary N) is 2. The molecule has 0 aliphatic carbocycles. The van der Waals surface area contributed by atoms with Crippen LogP contribution < -0.4 is 10.6 Å². The molecule has 3 N–H and O–H groups in total. The van der Waals surface area contributed by atoms with Gasteiger partial charge in [-0.1, -0.05) is 30.3 Å². The Labute approximate surface area is 188 Å². The maximum atomic E-state index is 13.6. The van der Waals surface area contributed by atoms with Gasteiger partial charge in [0.25, 0.3) is 0 Å². The van der Waals surface area contributed by atoms with Crippen LogP contribution in [0.1, 0.15) is 17.5 Å². The van der Waals surface area contributed by atoms with Crippen molar-refractivity contribution in [1.82, 2.24) is 9.80 Å². The number of hydrogen-bond donors (Lipinski definition) is 3. The Balaban J connectivity index is 1.38. The fourth-order valence-electron chi connectivity index (χ4n) is 3.86. The highest BCUT2D eigenvalue weighted by Gasteiger charge is 2.22. The Hall–Kier alpha value is -2.81. The van der Waals surface area contributed by atoms with E-state index < -0.39 is 17.8 Å². The molecule has 2 aromatic carbocycles.